The minimum atomic E-state index is -0.257. The van der Waals surface area contributed by atoms with Gasteiger partial charge in [-0.3, -0.25) is 0 Å². The number of hydrogen-bond acceptors (Lipinski definition) is 0. The highest BCUT2D eigenvalue weighted by molar-refractivity contribution is 6.55. The van der Waals surface area contributed by atoms with Crippen molar-refractivity contribution in [3.63, 3.8) is 0 Å². The first-order chi connectivity index (χ1) is 7.16. The Kier molecular flexibility index (Phi) is 10.9. The molecule has 0 N–H and O–H groups in total. The zero-order chi connectivity index (χ0) is 11.5. The first-order valence-corrected chi connectivity index (χ1v) is 10.3. The molecule has 0 amide bonds. The summed E-state index contributed by atoms with van der Waals surface area (Å²) >= 11 is 0. The van der Waals surface area contributed by atoms with Crippen molar-refractivity contribution in [2.75, 3.05) is 0 Å². The highest BCUT2D eigenvalue weighted by Crippen LogP contribution is 2.16. The second-order valence-corrected chi connectivity index (χ2v) is 9.00. The Morgan fingerprint density at radius 3 is 2.07 bits per heavy atom. The number of hydrogen-bond donors (Lipinski definition) is 0. The Morgan fingerprint density at radius 1 is 0.867 bits per heavy atom. The Balaban J connectivity index is 3.09. The van der Waals surface area contributed by atoms with E-state index < -0.39 is 0 Å². The molecule has 0 radical (unpaired) electrons. The van der Waals surface area contributed by atoms with Crippen LogP contribution in [0.2, 0.25) is 19.1 Å². The lowest BCUT2D eigenvalue weighted by atomic mass is 9.97. The van der Waals surface area contributed by atoms with Gasteiger partial charge in [0.2, 0.25) is 0 Å². The summed E-state index contributed by atoms with van der Waals surface area (Å²) < 4.78 is 0. The van der Waals surface area contributed by atoms with Crippen LogP contribution in [0.5, 0.6) is 0 Å². The average Bonchev–Trinajstić information content (AvgIpc) is 2.19. The van der Waals surface area contributed by atoms with E-state index in [1.54, 1.807) is 6.04 Å². The normalized spacial score (nSPS) is 13.4. The summed E-state index contributed by atoms with van der Waals surface area (Å²) in [7, 11) is -0.257. The van der Waals surface area contributed by atoms with Crippen molar-refractivity contribution < 1.29 is 0 Å². The molecule has 0 saturated carbocycles. The fourth-order valence-electron chi connectivity index (χ4n) is 2.10. The van der Waals surface area contributed by atoms with Crippen molar-refractivity contribution in [2.24, 2.45) is 5.92 Å². The maximum Gasteiger partial charge on any atom is 0.0305 e. The molecular weight excluding hydrogens is 196 g/mol. The molecule has 92 valence electrons. The van der Waals surface area contributed by atoms with Crippen molar-refractivity contribution in [3.8, 4) is 0 Å². The fraction of sp³-hybridized carbons (Fsp3) is 1.00. The van der Waals surface area contributed by atoms with Gasteiger partial charge in [-0.25, -0.2) is 0 Å². The third kappa shape index (κ3) is 12.1. The molecule has 0 fully saturated rings. The predicted molar refractivity (Wildman–Crippen MR) is 75.5 cm³/mol. The Hall–Kier alpha value is 0.217. The molecule has 0 spiro atoms. The van der Waals surface area contributed by atoms with Gasteiger partial charge < -0.3 is 0 Å². The van der Waals surface area contributed by atoms with Crippen molar-refractivity contribution in [3.05, 3.63) is 0 Å². The second-order valence-electron chi connectivity index (χ2n) is 5.63. The Morgan fingerprint density at radius 2 is 1.47 bits per heavy atom. The van der Waals surface area contributed by atoms with E-state index in [0.29, 0.717) is 0 Å². The van der Waals surface area contributed by atoms with Crippen LogP contribution >= 0.6 is 0 Å². The van der Waals surface area contributed by atoms with E-state index in [1.165, 1.54) is 51.4 Å². The van der Waals surface area contributed by atoms with Gasteiger partial charge in [0.05, 0.1) is 0 Å². The molecular formula is C14H32Si. The van der Waals surface area contributed by atoms with Crippen molar-refractivity contribution in [1.82, 2.24) is 0 Å². The number of rotatable bonds is 10. The van der Waals surface area contributed by atoms with Crippen LogP contribution in [0, 0.1) is 5.92 Å². The molecule has 0 aromatic rings. The Bertz CT molecular complexity index is 121. The SMILES string of the molecule is CCCCC(C)CCCCCC[SiH](C)C. The van der Waals surface area contributed by atoms with Gasteiger partial charge in [0, 0.05) is 8.80 Å². The summed E-state index contributed by atoms with van der Waals surface area (Å²) in [5, 5.41) is 0. The summed E-state index contributed by atoms with van der Waals surface area (Å²) in [6.45, 7) is 9.65. The summed E-state index contributed by atoms with van der Waals surface area (Å²) in [4.78, 5) is 0. The maximum absolute atomic E-state index is 2.47. The molecule has 0 heterocycles. The molecule has 0 nitrogen and oxygen atoms in total. The molecule has 0 aliphatic carbocycles. The lowest BCUT2D eigenvalue weighted by molar-refractivity contribution is 0.444. The van der Waals surface area contributed by atoms with Gasteiger partial charge in [-0.05, 0) is 5.92 Å². The summed E-state index contributed by atoms with van der Waals surface area (Å²) in [6, 6.07) is 1.56. The quantitative estimate of drug-likeness (QED) is 0.354. The smallest absolute Gasteiger partial charge is 0.0305 e. The molecule has 0 aromatic carbocycles. The van der Waals surface area contributed by atoms with E-state index >= 15 is 0 Å². The first-order valence-electron chi connectivity index (χ1n) is 7.16. The van der Waals surface area contributed by atoms with Crippen molar-refractivity contribution >= 4 is 8.80 Å². The van der Waals surface area contributed by atoms with Crippen molar-refractivity contribution in [2.45, 2.75) is 84.4 Å². The molecule has 0 rings (SSSR count). The standard InChI is InChI=1S/C14H32Si/c1-5-6-11-14(2)12-9-7-8-10-13-15(3)4/h14-15H,5-13H2,1-4H3. The van der Waals surface area contributed by atoms with Crippen LogP contribution < -0.4 is 0 Å². The molecule has 1 atom stereocenters. The van der Waals surface area contributed by atoms with E-state index in [0.717, 1.165) is 5.92 Å². The second kappa shape index (κ2) is 10.7. The summed E-state index contributed by atoms with van der Waals surface area (Å²) in [5.74, 6) is 0.976. The highest BCUT2D eigenvalue weighted by atomic mass is 28.3. The molecule has 1 unspecified atom stereocenters. The van der Waals surface area contributed by atoms with Crippen LogP contribution in [-0.4, -0.2) is 8.80 Å². The van der Waals surface area contributed by atoms with Gasteiger partial charge >= 0.3 is 0 Å². The fourth-order valence-corrected chi connectivity index (χ4v) is 3.20. The van der Waals surface area contributed by atoms with Gasteiger partial charge in [-0.2, -0.15) is 0 Å². The molecule has 0 aliphatic rings. The first kappa shape index (κ1) is 15.2. The van der Waals surface area contributed by atoms with Crippen LogP contribution in [0.4, 0.5) is 0 Å². The van der Waals surface area contributed by atoms with E-state index in [2.05, 4.69) is 26.9 Å². The average molecular weight is 228 g/mol. The third-order valence-corrected chi connectivity index (χ3v) is 4.84. The van der Waals surface area contributed by atoms with Gasteiger partial charge in [-0.15, -0.1) is 0 Å². The van der Waals surface area contributed by atoms with E-state index in [4.69, 9.17) is 0 Å². The topological polar surface area (TPSA) is 0 Å². The molecule has 1 heteroatoms. The van der Waals surface area contributed by atoms with Gasteiger partial charge in [-0.1, -0.05) is 84.4 Å². The maximum atomic E-state index is 2.47. The minimum absolute atomic E-state index is 0.257. The summed E-state index contributed by atoms with van der Waals surface area (Å²) in [6.07, 6.45) is 11.7. The van der Waals surface area contributed by atoms with Crippen LogP contribution in [0.25, 0.3) is 0 Å². The van der Waals surface area contributed by atoms with Gasteiger partial charge in [0.1, 0.15) is 0 Å². The summed E-state index contributed by atoms with van der Waals surface area (Å²) in [5.41, 5.74) is 0. The van der Waals surface area contributed by atoms with Crippen LogP contribution in [0.1, 0.15) is 65.2 Å². The number of unbranched alkanes of at least 4 members (excludes halogenated alkanes) is 4. The molecule has 0 aliphatic heterocycles. The van der Waals surface area contributed by atoms with Crippen LogP contribution in [0.3, 0.4) is 0 Å². The molecule has 15 heavy (non-hydrogen) atoms. The molecule has 0 saturated heterocycles. The van der Waals surface area contributed by atoms with Crippen LogP contribution in [-0.2, 0) is 0 Å². The van der Waals surface area contributed by atoms with E-state index in [-0.39, 0.29) is 8.80 Å². The third-order valence-electron chi connectivity index (χ3n) is 3.28. The highest BCUT2D eigenvalue weighted by Gasteiger charge is 2.01. The predicted octanol–water partition coefficient (Wildman–Crippen LogP) is 5.25. The van der Waals surface area contributed by atoms with E-state index in [1.807, 2.05) is 0 Å². The van der Waals surface area contributed by atoms with E-state index in [9.17, 15) is 0 Å². The zero-order valence-electron chi connectivity index (χ0n) is 11.5. The largest absolute Gasteiger partial charge is 0.0722 e. The zero-order valence-corrected chi connectivity index (χ0v) is 12.7. The van der Waals surface area contributed by atoms with Crippen LogP contribution in [0.15, 0.2) is 0 Å². The minimum Gasteiger partial charge on any atom is -0.0722 e. The lowest BCUT2D eigenvalue weighted by Gasteiger charge is -2.10. The van der Waals surface area contributed by atoms with Gasteiger partial charge in [0.15, 0.2) is 0 Å². The molecule has 0 aromatic heterocycles. The molecule has 0 bridgehead atoms. The Labute approximate surface area is 99.5 Å². The monoisotopic (exact) mass is 228 g/mol. The lowest BCUT2D eigenvalue weighted by Crippen LogP contribution is -1.98. The van der Waals surface area contributed by atoms with Crippen molar-refractivity contribution in [1.29, 1.82) is 0 Å². The van der Waals surface area contributed by atoms with Gasteiger partial charge in [0.25, 0.3) is 0 Å².